The van der Waals surface area contributed by atoms with Crippen LogP contribution in [0.2, 0.25) is 10.2 Å². The van der Waals surface area contributed by atoms with Gasteiger partial charge in [-0.1, -0.05) is 29.3 Å². The minimum atomic E-state index is -0.372. The number of aromatic nitrogens is 2. The van der Waals surface area contributed by atoms with Crippen LogP contribution in [0.5, 0.6) is 0 Å². The largest absolute Gasteiger partial charge is 0.237 e. The van der Waals surface area contributed by atoms with Gasteiger partial charge in [-0.05, 0) is 35.0 Å². The lowest BCUT2D eigenvalue weighted by Gasteiger charge is -2.07. The normalized spacial score (nSPS) is 10.7. The number of rotatable bonds is 2. The lowest BCUT2D eigenvalue weighted by atomic mass is 10.1. The highest BCUT2D eigenvalue weighted by Crippen LogP contribution is 2.25. The Morgan fingerprint density at radius 1 is 1.28 bits per heavy atom. The Balaban J connectivity index is 2.41. The summed E-state index contributed by atoms with van der Waals surface area (Å²) in [4.78, 5) is 8.34. The Bertz CT molecular complexity index is 561. The van der Waals surface area contributed by atoms with E-state index in [4.69, 9.17) is 23.2 Å². The van der Waals surface area contributed by atoms with Gasteiger partial charge in [-0.25, -0.2) is 14.4 Å². The molecule has 0 aliphatic heterocycles. The lowest BCUT2D eigenvalue weighted by molar-refractivity contribution is 0.612. The van der Waals surface area contributed by atoms with E-state index in [-0.39, 0.29) is 12.2 Å². The van der Waals surface area contributed by atoms with Crippen molar-refractivity contribution >= 4 is 39.1 Å². The van der Waals surface area contributed by atoms with Crippen LogP contribution in [0.3, 0.4) is 0 Å². The minimum Gasteiger partial charge on any atom is -0.237 e. The van der Waals surface area contributed by atoms with E-state index in [0.29, 0.717) is 31.7 Å². The first kappa shape index (κ1) is 13.7. The SMILES string of the molecule is Cc1nc(Cc2c(F)cccc2Cl)nc(Cl)c1Br. The highest BCUT2D eigenvalue weighted by molar-refractivity contribution is 9.10. The molecule has 94 valence electrons. The first-order chi connectivity index (χ1) is 8.49. The molecule has 0 unspecified atom stereocenters. The maximum absolute atomic E-state index is 13.6. The summed E-state index contributed by atoms with van der Waals surface area (Å²) in [7, 11) is 0. The molecule has 1 aromatic carbocycles. The molecular weight excluding hydrogens is 342 g/mol. The smallest absolute Gasteiger partial charge is 0.147 e. The van der Waals surface area contributed by atoms with Crippen LogP contribution in [0.25, 0.3) is 0 Å². The highest BCUT2D eigenvalue weighted by atomic mass is 79.9. The average molecular weight is 350 g/mol. The second kappa shape index (κ2) is 5.51. The average Bonchev–Trinajstić information content (AvgIpc) is 2.31. The number of halogens is 4. The van der Waals surface area contributed by atoms with Gasteiger partial charge in [-0.15, -0.1) is 0 Å². The van der Waals surface area contributed by atoms with Crippen LogP contribution >= 0.6 is 39.1 Å². The van der Waals surface area contributed by atoms with E-state index in [2.05, 4.69) is 25.9 Å². The second-order valence-electron chi connectivity index (χ2n) is 3.71. The van der Waals surface area contributed by atoms with Gasteiger partial charge < -0.3 is 0 Å². The third kappa shape index (κ3) is 2.82. The van der Waals surface area contributed by atoms with Crippen LogP contribution in [0.1, 0.15) is 17.1 Å². The first-order valence-electron chi connectivity index (χ1n) is 5.10. The van der Waals surface area contributed by atoms with Gasteiger partial charge in [0.1, 0.15) is 16.8 Å². The van der Waals surface area contributed by atoms with E-state index in [0.717, 1.165) is 0 Å². The van der Waals surface area contributed by atoms with Crippen LogP contribution in [0.15, 0.2) is 22.7 Å². The second-order valence-corrected chi connectivity index (χ2v) is 5.27. The molecular formula is C12H8BrCl2FN2. The Hall–Kier alpha value is -0.710. The van der Waals surface area contributed by atoms with Crippen molar-refractivity contribution in [1.29, 1.82) is 0 Å². The molecule has 2 aromatic rings. The lowest BCUT2D eigenvalue weighted by Crippen LogP contribution is -2.02. The Morgan fingerprint density at radius 3 is 2.61 bits per heavy atom. The maximum atomic E-state index is 13.6. The standard InChI is InChI=1S/C12H8BrCl2FN2/c1-6-11(13)12(15)18-10(17-6)5-7-8(14)3-2-4-9(7)16/h2-4H,5H2,1H3. The predicted molar refractivity (Wildman–Crippen MR) is 73.7 cm³/mol. The van der Waals surface area contributed by atoms with Gasteiger partial charge in [-0.2, -0.15) is 0 Å². The van der Waals surface area contributed by atoms with Crippen LogP contribution in [0, 0.1) is 12.7 Å². The van der Waals surface area contributed by atoms with Crippen LogP contribution in [0.4, 0.5) is 4.39 Å². The summed E-state index contributed by atoms with van der Waals surface area (Å²) in [5.41, 5.74) is 1.08. The summed E-state index contributed by atoms with van der Waals surface area (Å²) >= 11 is 15.2. The molecule has 0 spiro atoms. The van der Waals surface area contributed by atoms with Crippen molar-refractivity contribution in [2.24, 2.45) is 0 Å². The van der Waals surface area contributed by atoms with Crippen LogP contribution in [-0.2, 0) is 6.42 Å². The Kier molecular flexibility index (Phi) is 4.20. The zero-order valence-electron chi connectivity index (χ0n) is 9.35. The molecule has 0 radical (unpaired) electrons. The molecule has 2 rings (SSSR count). The van der Waals surface area contributed by atoms with Gasteiger partial charge in [-0.3, -0.25) is 0 Å². The van der Waals surface area contributed by atoms with Crippen molar-refractivity contribution in [3.8, 4) is 0 Å². The fraction of sp³-hybridized carbons (Fsp3) is 0.167. The summed E-state index contributed by atoms with van der Waals surface area (Å²) in [6.07, 6.45) is 0.208. The molecule has 0 fully saturated rings. The van der Waals surface area contributed by atoms with Gasteiger partial charge >= 0.3 is 0 Å². The molecule has 0 aliphatic rings. The third-order valence-electron chi connectivity index (χ3n) is 2.42. The number of hydrogen-bond acceptors (Lipinski definition) is 2. The fourth-order valence-electron chi connectivity index (χ4n) is 1.52. The molecule has 18 heavy (non-hydrogen) atoms. The van der Waals surface area contributed by atoms with E-state index >= 15 is 0 Å². The summed E-state index contributed by atoms with van der Waals surface area (Å²) in [6, 6.07) is 4.55. The molecule has 1 heterocycles. The van der Waals surface area contributed by atoms with Crippen molar-refractivity contribution in [2.75, 3.05) is 0 Å². The monoisotopic (exact) mass is 348 g/mol. The van der Waals surface area contributed by atoms with Crippen molar-refractivity contribution < 1.29 is 4.39 Å². The van der Waals surface area contributed by atoms with E-state index in [1.807, 2.05) is 0 Å². The van der Waals surface area contributed by atoms with E-state index < -0.39 is 0 Å². The highest BCUT2D eigenvalue weighted by Gasteiger charge is 2.12. The molecule has 0 N–H and O–H groups in total. The minimum absolute atomic E-state index is 0.208. The third-order valence-corrected chi connectivity index (χ3v) is 4.22. The molecule has 0 saturated heterocycles. The van der Waals surface area contributed by atoms with Gasteiger partial charge in [0.25, 0.3) is 0 Å². The summed E-state index contributed by atoms with van der Waals surface area (Å²) in [6.45, 7) is 1.80. The number of nitrogens with zero attached hydrogens (tertiary/aromatic N) is 2. The van der Waals surface area contributed by atoms with Gasteiger partial charge in [0.2, 0.25) is 0 Å². The number of hydrogen-bond donors (Lipinski definition) is 0. The van der Waals surface area contributed by atoms with E-state index in [9.17, 15) is 4.39 Å². The Labute approximate surface area is 122 Å². The number of aryl methyl sites for hydroxylation is 1. The zero-order valence-corrected chi connectivity index (χ0v) is 12.4. The molecule has 0 atom stereocenters. The van der Waals surface area contributed by atoms with Crippen molar-refractivity contribution in [3.63, 3.8) is 0 Å². The topological polar surface area (TPSA) is 25.8 Å². The molecule has 1 aromatic heterocycles. The van der Waals surface area contributed by atoms with Crippen molar-refractivity contribution in [3.05, 3.63) is 55.7 Å². The Morgan fingerprint density at radius 2 is 2.00 bits per heavy atom. The van der Waals surface area contributed by atoms with Crippen molar-refractivity contribution in [2.45, 2.75) is 13.3 Å². The fourth-order valence-corrected chi connectivity index (χ4v) is 2.16. The van der Waals surface area contributed by atoms with Crippen LogP contribution < -0.4 is 0 Å². The molecule has 0 aliphatic carbocycles. The molecule has 2 nitrogen and oxygen atoms in total. The maximum Gasteiger partial charge on any atom is 0.147 e. The van der Waals surface area contributed by atoms with Gasteiger partial charge in [0.15, 0.2) is 0 Å². The number of benzene rings is 1. The quantitative estimate of drug-likeness (QED) is 0.741. The predicted octanol–water partition coefficient (Wildman–Crippen LogP) is 4.58. The summed E-state index contributed by atoms with van der Waals surface area (Å²) in [5, 5.41) is 0.667. The summed E-state index contributed by atoms with van der Waals surface area (Å²) in [5.74, 6) is 0.0653. The molecule has 0 amide bonds. The molecule has 0 saturated carbocycles. The molecule has 6 heteroatoms. The molecule has 0 bridgehead atoms. The van der Waals surface area contributed by atoms with Gasteiger partial charge in [0.05, 0.1) is 10.2 Å². The van der Waals surface area contributed by atoms with E-state index in [1.165, 1.54) is 6.07 Å². The summed E-state index contributed by atoms with van der Waals surface area (Å²) < 4.78 is 14.3. The van der Waals surface area contributed by atoms with Crippen molar-refractivity contribution in [1.82, 2.24) is 9.97 Å². The van der Waals surface area contributed by atoms with E-state index in [1.54, 1.807) is 19.1 Å². The van der Waals surface area contributed by atoms with Gasteiger partial charge in [0, 0.05) is 17.0 Å². The zero-order chi connectivity index (χ0) is 13.3. The first-order valence-corrected chi connectivity index (χ1v) is 6.65. The van der Waals surface area contributed by atoms with Crippen LogP contribution in [-0.4, -0.2) is 9.97 Å².